The monoisotopic (exact) mass is 358 g/mol. The average molecular weight is 358 g/mol. The molecule has 7 nitrogen and oxygen atoms in total. The van der Waals surface area contributed by atoms with Gasteiger partial charge in [0.1, 0.15) is 17.2 Å². The highest BCUT2D eigenvalue weighted by molar-refractivity contribution is 5.92. The smallest absolute Gasteiger partial charge is 0.270 e. The predicted octanol–water partition coefficient (Wildman–Crippen LogP) is 3.47. The fraction of sp³-hybridized carbons (Fsp3) is 0.421. The molecule has 1 heterocycles. The lowest BCUT2D eigenvalue weighted by Crippen LogP contribution is -2.26. The van der Waals surface area contributed by atoms with Gasteiger partial charge < -0.3 is 20.1 Å². The maximum atomic E-state index is 12.3. The summed E-state index contributed by atoms with van der Waals surface area (Å²) < 4.78 is 10.6. The minimum Gasteiger partial charge on any atom is -0.497 e. The fourth-order valence-corrected chi connectivity index (χ4v) is 2.43. The Morgan fingerprint density at radius 2 is 1.92 bits per heavy atom. The average Bonchev–Trinajstić information content (AvgIpc) is 2.65. The second kappa shape index (κ2) is 9.60. The molecular weight excluding hydrogens is 332 g/mol. The number of ether oxygens (including phenoxy) is 2. The van der Waals surface area contributed by atoms with Gasteiger partial charge in [0, 0.05) is 18.3 Å². The van der Waals surface area contributed by atoms with Crippen molar-refractivity contribution in [3.8, 4) is 11.5 Å². The highest BCUT2D eigenvalue weighted by atomic mass is 16.5. The number of aryl methyl sites for hydroxylation is 1. The highest BCUT2D eigenvalue weighted by Gasteiger charge is 2.12. The van der Waals surface area contributed by atoms with Gasteiger partial charge in [-0.1, -0.05) is 19.8 Å². The summed E-state index contributed by atoms with van der Waals surface area (Å²) in [5, 5.41) is 6.00. The summed E-state index contributed by atoms with van der Waals surface area (Å²) in [6.07, 6.45) is 3.16. The molecule has 2 rings (SSSR count). The van der Waals surface area contributed by atoms with E-state index in [-0.39, 0.29) is 5.91 Å². The Morgan fingerprint density at radius 1 is 1.12 bits per heavy atom. The number of anilines is 2. The van der Waals surface area contributed by atoms with E-state index in [0.29, 0.717) is 41.1 Å². The molecule has 140 valence electrons. The van der Waals surface area contributed by atoms with Crippen LogP contribution in [0, 0.1) is 6.92 Å². The van der Waals surface area contributed by atoms with Crippen molar-refractivity contribution in [3.63, 3.8) is 0 Å². The first-order chi connectivity index (χ1) is 12.6. The van der Waals surface area contributed by atoms with Gasteiger partial charge in [0.05, 0.1) is 19.9 Å². The number of unbranched alkanes of at least 4 members (excludes halogenated alkanes) is 2. The van der Waals surface area contributed by atoms with Gasteiger partial charge in [0.2, 0.25) is 5.95 Å². The Kier molecular flexibility index (Phi) is 7.20. The van der Waals surface area contributed by atoms with Crippen LogP contribution in [0.2, 0.25) is 0 Å². The number of nitrogens with one attached hydrogen (secondary N) is 2. The van der Waals surface area contributed by atoms with Crippen molar-refractivity contribution in [2.24, 2.45) is 0 Å². The maximum absolute atomic E-state index is 12.3. The predicted molar refractivity (Wildman–Crippen MR) is 101 cm³/mol. The maximum Gasteiger partial charge on any atom is 0.270 e. The molecule has 1 aromatic heterocycles. The van der Waals surface area contributed by atoms with E-state index in [4.69, 9.17) is 9.47 Å². The molecule has 1 amide bonds. The van der Waals surface area contributed by atoms with Crippen molar-refractivity contribution in [1.82, 2.24) is 15.3 Å². The highest BCUT2D eigenvalue weighted by Crippen LogP contribution is 2.30. The van der Waals surface area contributed by atoms with Crippen LogP contribution >= 0.6 is 0 Å². The van der Waals surface area contributed by atoms with Gasteiger partial charge in [-0.25, -0.2) is 9.97 Å². The van der Waals surface area contributed by atoms with Crippen molar-refractivity contribution in [1.29, 1.82) is 0 Å². The van der Waals surface area contributed by atoms with Crippen LogP contribution in [0.5, 0.6) is 11.5 Å². The van der Waals surface area contributed by atoms with E-state index in [1.807, 2.05) is 19.1 Å². The Bertz CT molecular complexity index is 750. The van der Waals surface area contributed by atoms with Crippen molar-refractivity contribution >= 4 is 17.5 Å². The summed E-state index contributed by atoms with van der Waals surface area (Å²) in [7, 11) is 3.17. The second-order valence-electron chi connectivity index (χ2n) is 5.87. The summed E-state index contributed by atoms with van der Waals surface area (Å²) in [5.74, 6) is 1.42. The number of aromatic nitrogens is 2. The lowest BCUT2D eigenvalue weighted by Gasteiger charge is -2.12. The number of benzene rings is 1. The first-order valence-corrected chi connectivity index (χ1v) is 8.70. The third kappa shape index (κ3) is 5.34. The molecule has 0 fully saturated rings. The number of nitrogens with zero attached hydrogens (tertiary/aromatic N) is 2. The third-order valence-electron chi connectivity index (χ3n) is 3.81. The zero-order valence-electron chi connectivity index (χ0n) is 15.8. The van der Waals surface area contributed by atoms with Gasteiger partial charge in [-0.3, -0.25) is 4.79 Å². The number of rotatable bonds is 9. The summed E-state index contributed by atoms with van der Waals surface area (Å²) in [5.41, 5.74) is 1.73. The Hall–Kier alpha value is -2.83. The largest absolute Gasteiger partial charge is 0.497 e. The Labute approximate surface area is 154 Å². The number of hydrogen-bond acceptors (Lipinski definition) is 6. The van der Waals surface area contributed by atoms with Crippen molar-refractivity contribution in [2.75, 3.05) is 26.1 Å². The van der Waals surface area contributed by atoms with Crippen LogP contribution in [0.15, 0.2) is 24.3 Å². The summed E-state index contributed by atoms with van der Waals surface area (Å²) in [6, 6.07) is 7.06. The van der Waals surface area contributed by atoms with Crippen LogP contribution in [0.4, 0.5) is 11.6 Å². The van der Waals surface area contributed by atoms with Gasteiger partial charge in [-0.05, 0) is 31.5 Å². The van der Waals surface area contributed by atoms with Gasteiger partial charge in [-0.2, -0.15) is 0 Å². The molecule has 0 saturated heterocycles. The van der Waals surface area contributed by atoms with E-state index in [1.54, 1.807) is 26.4 Å². The zero-order valence-corrected chi connectivity index (χ0v) is 15.8. The quantitative estimate of drug-likeness (QED) is 0.668. The number of amides is 1. The van der Waals surface area contributed by atoms with E-state index in [2.05, 4.69) is 27.5 Å². The molecule has 26 heavy (non-hydrogen) atoms. The fourth-order valence-electron chi connectivity index (χ4n) is 2.43. The lowest BCUT2D eigenvalue weighted by molar-refractivity contribution is 0.0948. The summed E-state index contributed by atoms with van der Waals surface area (Å²) >= 11 is 0. The van der Waals surface area contributed by atoms with E-state index in [0.717, 1.165) is 19.3 Å². The van der Waals surface area contributed by atoms with E-state index >= 15 is 0 Å². The van der Waals surface area contributed by atoms with Crippen LogP contribution in [0.1, 0.15) is 42.4 Å². The molecule has 2 aromatic rings. The van der Waals surface area contributed by atoms with E-state index in [1.165, 1.54) is 0 Å². The Morgan fingerprint density at radius 3 is 2.62 bits per heavy atom. The summed E-state index contributed by atoms with van der Waals surface area (Å²) in [4.78, 5) is 21.0. The topological polar surface area (TPSA) is 85.4 Å². The van der Waals surface area contributed by atoms with Crippen molar-refractivity contribution in [3.05, 3.63) is 35.7 Å². The van der Waals surface area contributed by atoms with Crippen molar-refractivity contribution < 1.29 is 14.3 Å². The Balaban J connectivity index is 2.15. The molecule has 0 unspecified atom stereocenters. The van der Waals surface area contributed by atoms with Gasteiger partial charge in [0.15, 0.2) is 0 Å². The molecule has 1 aromatic carbocycles. The van der Waals surface area contributed by atoms with Crippen LogP contribution in [0.3, 0.4) is 0 Å². The molecule has 7 heteroatoms. The zero-order chi connectivity index (χ0) is 18.9. The van der Waals surface area contributed by atoms with Crippen LogP contribution in [-0.4, -0.2) is 36.6 Å². The molecule has 0 radical (unpaired) electrons. The SMILES string of the molecule is CCCCCNC(=O)c1cc(C)nc(Nc2ccc(OC)cc2OC)n1. The van der Waals surface area contributed by atoms with E-state index in [9.17, 15) is 4.79 Å². The first-order valence-electron chi connectivity index (χ1n) is 8.70. The molecule has 0 aliphatic carbocycles. The first kappa shape index (κ1) is 19.5. The molecule has 0 aliphatic heterocycles. The lowest BCUT2D eigenvalue weighted by atomic mass is 10.2. The molecule has 0 bridgehead atoms. The molecule has 2 N–H and O–H groups in total. The number of hydrogen-bond donors (Lipinski definition) is 2. The van der Waals surface area contributed by atoms with Crippen LogP contribution in [-0.2, 0) is 0 Å². The van der Waals surface area contributed by atoms with Crippen LogP contribution in [0.25, 0.3) is 0 Å². The molecular formula is C19H26N4O3. The standard InChI is InChI=1S/C19H26N4O3/c1-5-6-7-10-20-18(24)16-11-13(2)21-19(23-16)22-15-9-8-14(25-3)12-17(15)26-4/h8-9,11-12H,5-7,10H2,1-4H3,(H,20,24)(H,21,22,23). The minimum absolute atomic E-state index is 0.198. The van der Waals surface area contributed by atoms with Gasteiger partial charge in [-0.15, -0.1) is 0 Å². The van der Waals surface area contributed by atoms with Crippen molar-refractivity contribution in [2.45, 2.75) is 33.1 Å². The van der Waals surface area contributed by atoms with Gasteiger partial charge >= 0.3 is 0 Å². The van der Waals surface area contributed by atoms with Crippen LogP contribution < -0.4 is 20.1 Å². The molecule has 0 saturated carbocycles. The third-order valence-corrected chi connectivity index (χ3v) is 3.81. The second-order valence-corrected chi connectivity index (χ2v) is 5.87. The molecule has 0 aliphatic rings. The number of methoxy groups -OCH3 is 2. The number of carbonyl (C=O) groups is 1. The van der Waals surface area contributed by atoms with Gasteiger partial charge in [0.25, 0.3) is 5.91 Å². The summed E-state index contributed by atoms with van der Waals surface area (Å²) in [6.45, 7) is 4.59. The minimum atomic E-state index is -0.198. The van der Waals surface area contributed by atoms with E-state index < -0.39 is 0 Å². The number of carbonyl (C=O) groups excluding carboxylic acids is 1. The molecule has 0 spiro atoms. The molecule has 0 atom stereocenters. The normalized spacial score (nSPS) is 10.3.